The third kappa shape index (κ3) is 4.26. The normalized spacial score (nSPS) is 34.4. The summed E-state index contributed by atoms with van der Waals surface area (Å²) < 4.78 is 0. The van der Waals surface area contributed by atoms with E-state index >= 15 is 0 Å². The van der Waals surface area contributed by atoms with Gasteiger partial charge in [-0.25, -0.2) is 0 Å². The number of allylic oxidation sites excluding steroid dienone is 4. The van der Waals surface area contributed by atoms with Crippen LogP contribution in [-0.2, 0) is 4.79 Å². The monoisotopic (exact) mass is 540 g/mol. The Balaban J connectivity index is 1.47. The van der Waals surface area contributed by atoms with Crippen LogP contribution in [0.15, 0.2) is 52.2 Å². The number of nitrogens with zero attached hydrogens (tertiary/aromatic N) is 2. The van der Waals surface area contributed by atoms with E-state index in [0.717, 1.165) is 63.7 Å². The highest BCUT2D eigenvalue weighted by atomic mass is 16.4. The van der Waals surface area contributed by atoms with E-state index in [1.165, 1.54) is 41.7 Å². The molecule has 4 aliphatic carbocycles. The lowest BCUT2D eigenvalue weighted by Crippen LogP contribution is -2.50. The molecule has 5 nitrogen and oxygen atoms in total. The number of hydrogen-bond donors (Lipinski definition) is 2. The van der Waals surface area contributed by atoms with Gasteiger partial charge >= 0.3 is 0 Å². The summed E-state index contributed by atoms with van der Waals surface area (Å²) in [5.74, 6) is 7.64. The van der Waals surface area contributed by atoms with Gasteiger partial charge in [0.05, 0.1) is 11.1 Å². The number of ketones is 1. The minimum Gasteiger partial charge on any atom is -0.411 e. The fraction of sp³-hybridized carbons (Fsp3) is 0.600. The molecule has 1 aliphatic heterocycles. The number of fused-ring (bicyclic) bond motifs is 4. The zero-order valence-corrected chi connectivity index (χ0v) is 24.2. The smallest absolute Gasteiger partial charge is 0.151 e. The van der Waals surface area contributed by atoms with Gasteiger partial charge in [-0.15, -0.1) is 0 Å². The number of aliphatic hydroxyl groups excluding tert-OH is 1. The molecule has 2 saturated carbocycles. The maximum Gasteiger partial charge on any atom is 0.151 e. The molecule has 0 aromatic heterocycles. The molecular formula is C35H44N2O3. The van der Waals surface area contributed by atoms with E-state index in [1.54, 1.807) is 5.57 Å². The van der Waals surface area contributed by atoms with Gasteiger partial charge in [0, 0.05) is 31.1 Å². The largest absolute Gasteiger partial charge is 0.411 e. The molecule has 1 saturated heterocycles. The van der Waals surface area contributed by atoms with Crippen LogP contribution in [0.1, 0.15) is 96.0 Å². The number of rotatable bonds is 4. The van der Waals surface area contributed by atoms with Crippen molar-refractivity contribution in [3.8, 4) is 11.8 Å². The van der Waals surface area contributed by atoms with Crippen molar-refractivity contribution in [2.75, 3.05) is 24.6 Å². The number of piperidine rings is 1. The highest BCUT2D eigenvalue weighted by molar-refractivity contribution is 5.97. The standard InChI is InChI=1S/C35H44N2O3/c1-3-32(39)35(17-7-21-38)18-16-31-29-14-10-25-22-26(36-40)11-15-28(25)33(29)30(23-34(31,35)2)24-8-12-27(13-9-24)37-19-5-4-6-20-37/h8-9,12-13,22,29-31,38,40H,3-6,10-11,14-16,18-21,23H2,1-2H3/t29-,30+,31-,34-,35+/m0/s1. The Morgan fingerprint density at radius 2 is 1.88 bits per heavy atom. The van der Waals surface area contributed by atoms with Crippen LogP contribution >= 0.6 is 0 Å². The molecule has 6 rings (SSSR count). The predicted molar refractivity (Wildman–Crippen MR) is 160 cm³/mol. The van der Waals surface area contributed by atoms with Crippen LogP contribution in [-0.4, -0.2) is 41.5 Å². The molecule has 40 heavy (non-hydrogen) atoms. The molecule has 1 aromatic carbocycles. The Bertz CT molecular complexity index is 1310. The fourth-order valence-corrected chi connectivity index (χ4v) is 9.37. The molecule has 0 unspecified atom stereocenters. The molecular weight excluding hydrogens is 496 g/mol. The average molecular weight is 541 g/mol. The van der Waals surface area contributed by atoms with E-state index in [4.69, 9.17) is 0 Å². The molecule has 5 atom stereocenters. The van der Waals surface area contributed by atoms with Crippen LogP contribution in [0.3, 0.4) is 0 Å². The first-order valence-electron chi connectivity index (χ1n) is 15.6. The summed E-state index contributed by atoms with van der Waals surface area (Å²) in [6.45, 7) is 6.38. The first-order chi connectivity index (χ1) is 19.5. The van der Waals surface area contributed by atoms with E-state index in [0.29, 0.717) is 18.3 Å². The van der Waals surface area contributed by atoms with Gasteiger partial charge in [0.1, 0.15) is 6.61 Å². The van der Waals surface area contributed by atoms with Gasteiger partial charge in [-0.3, -0.25) is 4.79 Å². The van der Waals surface area contributed by atoms with E-state index in [9.17, 15) is 15.1 Å². The lowest BCUT2D eigenvalue weighted by atomic mass is 9.48. The first kappa shape index (κ1) is 27.3. The van der Waals surface area contributed by atoms with Gasteiger partial charge in [-0.1, -0.05) is 48.5 Å². The maximum atomic E-state index is 13.8. The van der Waals surface area contributed by atoms with Gasteiger partial charge in [0.25, 0.3) is 0 Å². The lowest BCUT2D eigenvalue weighted by Gasteiger charge is -2.54. The van der Waals surface area contributed by atoms with Crippen LogP contribution in [0.5, 0.6) is 0 Å². The third-order valence-electron chi connectivity index (χ3n) is 11.3. The predicted octanol–water partition coefficient (Wildman–Crippen LogP) is 6.80. The number of Topliss-reactive ketones (excluding diaryl/α,β-unsaturated/α-hetero) is 1. The highest BCUT2D eigenvalue weighted by Gasteiger charge is 2.65. The van der Waals surface area contributed by atoms with Crippen molar-refractivity contribution in [1.82, 2.24) is 0 Å². The van der Waals surface area contributed by atoms with Gasteiger partial charge in [0.15, 0.2) is 5.78 Å². The summed E-state index contributed by atoms with van der Waals surface area (Å²) in [6.07, 6.45) is 12.9. The van der Waals surface area contributed by atoms with Crippen LogP contribution in [0, 0.1) is 34.5 Å². The van der Waals surface area contributed by atoms with Crippen LogP contribution in [0.25, 0.3) is 0 Å². The highest BCUT2D eigenvalue weighted by Crippen LogP contribution is 2.69. The molecule has 1 aromatic rings. The molecule has 1 heterocycles. The van der Waals surface area contributed by atoms with E-state index in [-0.39, 0.29) is 23.7 Å². The summed E-state index contributed by atoms with van der Waals surface area (Å²) in [7, 11) is 0. The van der Waals surface area contributed by atoms with E-state index in [1.807, 2.05) is 6.92 Å². The molecule has 0 bridgehead atoms. The van der Waals surface area contributed by atoms with Crippen LogP contribution in [0.2, 0.25) is 0 Å². The number of carbonyl (C=O) groups excluding carboxylic acids is 1. The maximum absolute atomic E-state index is 13.8. The van der Waals surface area contributed by atoms with Gasteiger partial charge in [0.2, 0.25) is 0 Å². The quantitative estimate of drug-likeness (QED) is 0.250. The van der Waals surface area contributed by atoms with Crippen LogP contribution in [0.4, 0.5) is 5.69 Å². The lowest BCUT2D eigenvalue weighted by molar-refractivity contribution is -0.132. The summed E-state index contributed by atoms with van der Waals surface area (Å²) in [5, 5.41) is 22.7. The molecule has 5 aliphatic rings. The Morgan fingerprint density at radius 1 is 1.10 bits per heavy atom. The summed E-state index contributed by atoms with van der Waals surface area (Å²) in [6, 6.07) is 9.33. The van der Waals surface area contributed by atoms with Crippen molar-refractivity contribution in [3.05, 3.63) is 52.6 Å². The van der Waals surface area contributed by atoms with Crippen LogP contribution < -0.4 is 4.90 Å². The zero-order valence-electron chi connectivity index (χ0n) is 24.2. The topological polar surface area (TPSA) is 73.1 Å². The molecule has 0 amide bonds. The minimum absolute atomic E-state index is 0.206. The summed E-state index contributed by atoms with van der Waals surface area (Å²) in [4.78, 5) is 16.3. The van der Waals surface area contributed by atoms with Gasteiger partial charge in [-0.05, 0) is 116 Å². The van der Waals surface area contributed by atoms with Crippen molar-refractivity contribution >= 4 is 17.2 Å². The molecule has 3 fully saturated rings. The van der Waals surface area contributed by atoms with Gasteiger partial charge in [-0.2, -0.15) is 0 Å². The number of oxime groups is 1. The van der Waals surface area contributed by atoms with Crippen molar-refractivity contribution in [2.24, 2.45) is 27.8 Å². The van der Waals surface area contributed by atoms with E-state index < -0.39 is 5.41 Å². The van der Waals surface area contributed by atoms with E-state index in [2.05, 4.69) is 59.2 Å². The number of hydrogen-bond acceptors (Lipinski definition) is 5. The number of aliphatic hydroxyl groups is 1. The Labute approximate surface area is 239 Å². The van der Waals surface area contributed by atoms with Crippen molar-refractivity contribution < 1.29 is 15.1 Å². The molecule has 0 radical (unpaired) electrons. The Morgan fingerprint density at radius 3 is 2.58 bits per heavy atom. The third-order valence-corrected chi connectivity index (χ3v) is 11.3. The SMILES string of the molecule is CCC(=O)[C@@]1(C#CCO)CC[C@H]2[C@@H]3CCC4=CC(=NO)CCC4=C3[C@@H](c3ccc(N4CCCCC4)cc3)C[C@@]21C. The van der Waals surface area contributed by atoms with Crippen molar-refractivity contribution in [2.45, 2.75) is 90.4 Å². The minimum atomic E-state index is -0.698. The zero-order chi connectivity index (χ0) is 27.9. The van der Waals surface area contributed by atoms with Gasteiger partial charge < -0.3 is 15.2 Å². The molecule has 212 valence electrons. The van der Waals surface area contributed by atoms with Crippen molar-refractivity contribution in [1.29, 1.82) is 0 Å². The summed E-state index contributed by atoms with van der Waals surface area (Å²) in [5.41, 5.74) is 6.90. The number of benzene rings is 1. The second-order valence-electron chi connectivity index (χ2n) is 12.9. The first-order valence-corrected chi connectivity index (χ1v) is 15.6. The molecule has 0 spiro atoms. The number of carbonyl (C=O) groups is 1. The molecule has 2 N–H and O–H groups in total. The second-order valence-corrected chi connectivity index (χ2v) is 12.9. The second kappa shape index (κ2) is 10.9. The molecule has 5 heteroatoms. The Kier molecular flexibility index (Phi) is 7.42. The fourth-order valence-electron chi connectivity index (χ4n) is 9.37. The van der Waals surface area contributed by atoms with Crippen molar-refractivity contribution in [3.63, 3.8) is 0 Å². The number of anilines is 1. The summed E-state index contributed by atoms with van der Waals surface area (Å²) >= 11 is 0. The average Bonchev–Trinajstić information content (AvgIpc) is 3.31. The Hall–Kier alpha value is -2.84.